The molecule has 0 aliphatic carbocycles. The molecule has 1 aromatic heterocycles. The van der Waals surface area contributed by atoms with Crippen molar-refractivity contribution in [3.05, 3.63) is 46.2 Å². The van der Waals surface area contributed by atoms with E-state index < -0.39 is 0 Å². The highest BCUT2D eigenvalue weighted by Gasteiger charge is 2.12. The number of aryl methyl sites for hydroxylation is 3. The quantitative estimate of drug-likeness (QED) is 0.911. The fourth-order valence-electron chi connectivity index (χ4n) is 2.14. The molecule has 1 atom stereocenters. The first kappa shape index (κ1) is 13.0. The first-order valence-corrected chi connectivity index (χ1v) is 6.38. The van der Waals surface area contributed by atoms with E-state index in [1.165, 1.54) is 5.56 Å². The first-order valence-electron chi connectivity index (χ1n) is 6.00. The van der Waals surface area contributed by atoms with Crippen LogP contribution in [-0.2, 0) is 7.05 Å². The minimum Gasteiger partial charge on any atom is -0.378 e. The van der Waals surface area contributed by atoms with Gasteiger partial charge in [0.2, 0.25) is 0 Å². The van der Waals surface area contributed by atoms with Gasteiger partial charge in [0.05, 0.1) is 11.7 Å². The highest BCUT2D eigenvalue weighted by atomic mass is 35.5. The van der Waals surface area contributed by atoms with Crippen molar-refractivity contribution in [2.75, 3.05) is 5.32 Å². The topological polar surface area (TPSA) is 29.9 Å². The normalized spacial score (nSPS) is 12.5. The summed E-state index contributed by atoms with van der Waals surface area (Å²) in [4.78, 5) is 0. The maximum Gasteiger partial charge on any atom is 0.0646 e. The average Bonchev–Trinajstić information content (AvgIpc) is 2.62. The predicted octanol–water partition coefficient (Wildman–Crippen LogP) is 3.86. The van der Waals surface area contributed by atoms with Gasteiger partial charge in [0.25, 0.3) is 0 Å². The molecule has 2 rings (SSSR count). The summed E-state index contributed by atoms with van der Waals surface area (Å²) in [7, 11) is 1.94. The Labute approximate surface area is 113 Å². The third-order valence-corrected chi connectivity index (χ3v) is 3.31. The van der Waals surface area contributed by atoms with Gasteiger partial charge in [-0.1, -0.05) is 11.6 Å². The summed E-state index contributed by atoms with van der Waals surface area (Å²) in [5, 5.41) is 8.63. The predicted molar refractivity (Wildman–Crippen MR) is 76.2 cm³/mol. The van der Waals surface area contributed by atoms with Crippen LogP contribution in [0.25, 0.3) is 0 Å². The van der Waals surface area contributed by atoms with E-state index >= 15 is 0 Å². The average molecular weight is 264 g/mol. The lowest BCUT2D eigenvalue weighted by Gasteiger charge is -2.16. The lowest BCUT2D eigenvalue weighted by atomic mass is 10.1. The maximum absolute atomic E-state index is 5.96. The Kier molecular flexibility index (Phi) is 3.62. The van der Waals surface area contributed by atoms with E-state index in [1.807, 2.05) is 36.9 Å². The number of nitrogens with one attached hydrogen (secondary N) is 1. The van der Waals surface area contributed by atoms with E-state index in [9.17, 15) is 0 Å². The lowest BCUT2D eigenvalue weighted by molar-refractivity contribution is 0.756. The van der Waals surface area contributed by atoms with Gasteiger partial charge >= 0.3 is 0 Å². The third kappa shape index (κ3) is 2.67. The van der Waals surface area contributed by atoms with Crippen molar-refractivity contribution in [3.63, 3.8) is 0 Å². The van der Waals surface area contributed by atoms with Gasteiger partial charge in [-0.2, -0.15) is 5.10 Å². The number of halogens is 1. The summed E-state index contributed by atoms with van der Waals surface area (Å²) in [5.74, 6) is 0. The smallest absolute Gasteiger partial charge is 0.0646 e. The van der Waals surface area contributed by atoms with Crippen molar-refractivity contribution in [1.29, 1.82) is 0 Å². The minimum absolute atomic E-state index is 0.221. The van der Waals surface area contributed by atoms with Gasteiger partial charge in [-0.25, -0.2) is 0 Å². The Morgan fingerprint density at radius 1 is 1.33 bits per heavy atom. The van der Waals surface area contributed by atoms with Crippen LogP contribution in [-0.4, -0.2) is 9.78 Å². The Balaban J connectivity index is 2.21. The fraction of sp³-hybridized carbons (Fsp3) is 0.357. The molecule has 1 aromatic carbocycles. The van der Waals surface area contributed by atoms with Gasteiger partial charge in [-0.15, -0.1) is 0 Å². The summed E-state index contributed by atoms with van der Waals surface area (Å²) in [6, 6.07) is 6.10. The molecular formula is C14H18ClN3. The van der Waals surface area contributed by atoms with Crippen LogP contribution in [0.5, 0.6) is 0 Å². The van der Waals surface area contributed by atoms with Gasteiger partial charge in [0.15, 0.2) is 0 Å². The maximum atomic E-state index is 5.96. The molecule has 1 heterocycles. The summed E-state index contributed by atoms with van der Waals surface area (Å²) in [5.41, 5.74) is 4.53. The van der Waals surface area contributed by atoms with Crippen LogP contribution in [0.1, 0.15) is 29.8 Å². The van der Waals surface area contributed by atoms with E-state index in [2.05, 4.69) is 30.5 Å². The number of aromatic nitrogens is 2. The Morgan fingerprint density at radius 3 is 2.61 bits per heavy atom. The molecule has 0 radical (unpaired) electrons. The molecule has 0 aliphatic heterocycles. The summed E-state index contributed by atoms with van der Waals surface area (Å²) in [6.07, 6.45) is 2.05. The second kappa shape index (κ2) is 5.02. The number of hydrogen-bond donors (Lipinski definition) is 1. The van der Waals surface area contributed by atoms with E-state index in [0.29, 0.717) is 0 Å². The molecule has 96 valence electrons. The van der Waals surface area contributed by atoms with E-state index in [4.69, 9.17) is 11.6 Å². The second-order valence-corrected chi connectivity index (χ2v) is 5.11. The second-order valence-electron chi connectivity index (χ2n) is 4.67. The van der Waals surface area contributed by atoms with Crippen molar-refractivity contribution in [2.24, 2.45) is 7.05 Å². The number of hydrogen-bond acceptors (Lipinski definition) is 2. The molecule has 3 nitrogen and oxygen atoms in total. The molecule has 0 bridgehead atoms. The SMILES string of the molecule is Cc1cc(Cl)ccc1NC(C)c1cn(C)nc1C. The summed E-state index contributed by atoms with van der Waals surface area (Å²) >= 11 is 5.96. The largest absolute Gasteiger partial charge is 0.378 e. The first-order chi connectivity index (χ1) is 8.47. The zero-order valence-electron chi connectivity index (χ0n) is 11.2. The minimum atomic E-state index is 0.221. The fourth-order valence-corrected chi connectivity index (χ4v) is 2.37. The Morgan fingerprint density at radius 2 is 2.06 bits per heavy atom. The van der Waals surface area contributed by atoms with E-state index in [1.54, 1.807) is 0 Å². The van der Waals surface area contributed by atoms with Crippen molar-refractivity contribution >= 4 is 17.3 Å². The monoisotopic (exact) mass is 263 g/mol. The van der Waals surface area contributed by atoms with E-state index in [-0.39, 0.29) is 6.04 Å². The van der Waals surface area contributed by atoms with Gasteiger partial charge in [-0.3, -0.25) is 4.68 Å². The van der Waals surface area contributed by atoms with Crippen LogP contribution >= 0.6 is 11.6 Å². The third-order valence-electron chi connectivity index (χ3n) is 3.08. The molecule has 0 aliphatic rings. The molecule has 0 fully saturated rings. The van der Waals surface area contributed by atoms with Crippen LogP contribution < -0.4 is 5.32 Å². The summed E-state index contributed by atoms with van der Waals surface area (Å²) in [6.45, 7) is 6.22. The molecule has 4 heteroatoms. The molecule has 2 aromatic rings. The van der Waals surface area contributed by atoms with Crippen LogP contribution in [0.2, 0.25) is 5.02 Å². The number of rotatable bonds is 3. The van der Waals surface area contributed by atoms with Gasteiger partial charge in [0.1, 0.15) is 0 Å². The molecule has 0 amide bonds. The molecular weight excluding hydrogens is 246 g/mol. The molecule has 0 spiro atoms. The highest BCUT2D eigenvalue weighted by molar-refractivity contribution is 6.30. The van der Waals surface area contributed by atoms with E-state index in [0.717, 1.165) is 22.0 Å². The molecule has 1 N–H and O–H groups in total. The molecule has 0 saturated heterocycles. The van der Waals surface area contributed by atoms with Crippen LogP contribution in [0.15, 0.2) is 24.4 Å². The molecule has 1 unspecified atom stereocenters. The number of nitrogens with zero attached hydrogens (tertiary/aromatic N) is 2. The van der Waals surface area contributed by atoms with Gasteiger partial charge < -0.3 is 5.32 Å². The summed E-state index contributed by atoms with van der Waals surface area (Å²) < 4.78 is 1.84. The standard InChI is InChI=1S/C14H18ClN3/c1-9-7-12(15)5-6-14(9)16-10(2)13-8-18(4)17-11(13)3/h5-8,10,16H,1-4H3. The zero-order valence-corrected chi connectivity index (χ0v) is 11.9. The van der Waals surface area contributed by atoms with Crippen molar-refractivity contribution in [2.45, 2.75) is 26.8 Å². The Bertz CT molecular complexity index is 560. The highest BCUT2D eigenvalue weighted by Crippen LogP contribution is 2.25. The molecule has 0 saturated carbocycles. The lowest BCUT2D eigenvalue weighted by Crippen LogP contribution is -2.08. The zero-order chi connectivity index (χ0) is 13.3. The number of benzene rings is 1. The Hall–Kier alpha value is -1.48. The van der Waals surface area contributed by atoms with Crippen molar-refractivity contribution < 1.29 is 0 Å². The van der Waals surface area contributed by atoms with Crippen molar-refractivity contribution in [3.8, 4) is 0 Å². The molecule has 18 heavy (non-hydrogen) atoms. The van der Waals surface area contributed by atoms with Crippen LogP contribution in [0, 0.1) is 13.8 Å². The van der Waals surface area contributed by atoms with Gasteiger partial charge in [-0.05, 0) is 44.5 Å². The van der Waals surface area contributed by atoms with Crippen LogP contribution in [0.3, 0.4) is 0 Å². The van der Waals surface area contributed by atoms with Crippen LogP contribution in [0.4, 0.5) is 5.69 Å². The van der Waals surface area contributed by atoms with Gasteiger partial charge in [0, 0.05) is 29.5 Å². The number of anilines is 1. The van der Waals surface area contributed by atoms with Crippen molar-refractivity contribution in [1.82, 2.24) is 9.78 Å².